The van der Waals surface area contributed by atoms with Gasteiger partial charge in [-0.1, -0.05) is 12.1 Å². The number of ether oxygens (including phenoxy) is 2. The Morgan fingerprint density at radius 1 is 1.12 bits per heavy atom. The molecule has 0 N–H and O–H groups in total. The van der Waals surface area contributed by atoms with Crippen molar-refractivity contribution in [3.63, 3.8) is 0 Å². The summed E-state index contributed by atoms with van der Waals surface area (Å²) in [5.41, 5.74) is 0.691. The molecular formula is C20H24N2O4. The van der Waals surface area contributed by atoms with Crippen LogP contribution < -0.4 is 4.74 Å². The van der Waals surface area contributed by atoms with Crippen LogP contribution in [0.3, 0.4) is 0 Å². The molecule has 6 heteroatoms. The second-order valence-electron chi connectivity index (χ2n) is 6.84. The van der Waals surface area contributed by atoms with Gasteiger partial charge in [0, 0.05) is 18.9 Å². The smallest absolute Gasteiger partial charge is 0.326 e. The molecule has 0 radical (unpaired) electrons. The molecule has 0 saturated heterocycles. The van der Waals surface area contributed by atoms with E-state index in [0.717, 1.165) is 11.3 Å². The van der Waals surface area contributed by atoms with Gasteiger partial charge in [-0.3, -0.25) is 14.6 Å². The number of carbonyl (C=O) groups excluding carboxylic acids is 2. The van der Waals surface area contributed by atoms with Crippen molar-refractivity contribution < 1.29 is 19.1 Å². The number of hydrogen-bond donors (Lipinski definition) is 0. The van der Waals surface area contributed by atoms with E-state index in [2.05, 4.69) is 4.98 Å². The molecule has 0 bridgehead atoms. The van der Waals surface area contributed by atoms with Crippen LogP contribution in [0.2, 0.25) is 0 Å². The van der Waals surface area contributed by atoms with Gasteiger partial charge in [-0.05, 0) is 50.6 Å². The molecule has 0 aliphatic heterocycles. The summed E-state index contributed by atoms with van der Waals surface area (Å²) >= 11 is 0. The Bertz CT molecular complexity index is 737. The van der Waals surface area contributed by atoms with E-state index in [4.69, 9.17) is 9.47 Å². The number of carbonyl (C=O) groups is 2. The van der Waals surface area contributed by atoms with Gasteiger partial charge in [0.1, 0.15) is 17.9 Å². The summed E-state index contributed by atoms with van der Waals surface area (Å²) in [5.74, 6) is -0.00550. The van der Waals surface area contributed by atoms with Crippen molar-refractivity contribution >= 4 is 11.9 Å². The molecule has 1 aromatic heterocycles. The van der Waals surface area contributed by atoms with Gasteiger partial charge in [-0.15, -0.1) is 0 Å². The largest absolute Gasteiger partial charge is 0.497 e. The average Bonchev–Trinajstić information content (AvgIpc) is 2.60. The first-order valence-corrected chi connectivity index (χ1v) is 8.32. The molecule has 0 unspecified atom stereocenters. The second-order valence-corrected chi connectivity index (χ2v) is 6.84. The van der Waals surface area contributed by atoms with E-state index in [1.54, 1.807) is 46.2 Å². The first kappa shape index (κ1) is 19.4. The van der Waals surface area contributed by atoms with E-state index < -0.39 is 11.6 Å². The lowest BCUT2D eigenvalue weighted by molar-refractivity contribution is -0.155. The molecule has 0 fully saturated rings. The van der Waals surface area contributed by atoms with E-state index in [1.165, 1.54) is 11.1 Å². The predicted octanol–water partition coefficient (Wildman–Crippen LogP) is 3.07. The quantitative estimate of drug-likeness (QED) is 0.744. The van der Waals surface area contributed by atoms with E-state index in [-0.39, 0.29) is 19.0 Å². The minimum atomic E-state index is -0.611. The van der Waals surface area contributed by atoms with Crippen molar-refractivity contribution in [2.45, 2.75) is 32.9 Å². The zero-order valence-electron chi connectivity index (χ0n) is 15.6. The van der Waals surface area contributed by atoms with Crippen LogP contribution in [-0.2, 0) is 16.1 Å². The Morgan fingerprint density at radius 2 is 1.81 bits per heavy atom. The molecule has 0 spiro atoms. The number of methoxy groups -OCH3 is 1. The van der Waals surface area contributed by atoms with Crippen molar-refractivity contribution in [3.05, 3.63) is 59.9 Å². The number of hydrogen-bond acceptors (Lipinski definition) is 5. The highest BCUT2D eigenvalue weighted by molar-refractivity contribution is 5.95. The Hall–Kier alpha value is -2.89. The molecule has 2 aromatic rings. The van der Waals surface area contributed by atoms with Crippen LogP contribution >= 0.6 is 0 Å². The summed E-state index contributed by atoms with van der Waals surface area (Å²) in [6, 6.07) is 10.7. The molecule has 6 nitrogen and oxygen atoms in total. The Morgan fingerprint density at radius 3 is 2.35 bits per heavy atom. The fourth-order valence-corrected chi connectivity index (χ4v) is 2.35. The minimum absolute atomic E-state index is 0.142. The molecule has 138 valence electrons. The van der Waals surface area contributed by atoms with Crippen molar-refractivity contribution in [2.75, 3.05) is 13.7 Å². The molecule has 0 aliphatic carbocycles. The highest BCUT2D eigenvalue weighted by atomic mass is 16.6. The first-order valence-electron chi connectivity index (χ1n) is 8.32. The second kappa shape index (κ2) is 8.47. The lowest BCUT2D eigenvalue weighted by Gasteiger charge is -2.25. The maximum absolute atomic E-state index is 12.8. The highest BCUT2D eigenvalue weighted by Crippen LogP contribution is 2.15. The summed E-state index contributed by atoms with van der Waals surface area (Å²) in [4.78, 5) is 30.5. The highest BCUT2D eigenvalue weighted by Gasteiger charge is 2.23. The number of esters is 1. The van der Waals surface area contributed by atoms with Gasteiger partial charge in [-0.2, -0.15) is 0 Å². The average molecular weight is 356 g/mol. The number of pyridine rings is 1. The summed E-state index contributed by atoms with van der Waals surface area (Å²) in [7, 11) is 1.59. The molecular weight excluding hydrogens is 332 g/mol. The Kier molecular flexibility index (Phi) is 6.33. The fraction of sp³-hybridized carbons (Fsp3) is 0.350. The van der Waals surface area contributed by atoms with Crippen molar-refractivity contribution in [1.82, 2.24) is 9.88 Å². The third kappa shape index (κ3) is 5.88. The van der Waals surface area contributed by atoms with Gasteiger partial charge in [0.05, 0.1) is 12.7 Å². The third-order valence-electron chi connectivity index (χ3n) is 3.47. The number of benzene rings is 1. The van der Waals surface area contributed by atoms with Gasteiger partial charge >= 0.3 is 5.97 Å². The predicted molar refractivity (Wildman–Crippen MR) is 97.8 cm³/mol. The fourth-order valence-electron chi connectivity index (χ4n) is 2.35. The third-order valence-corrected chi connectivity index (χ3v) is 3.47. The number of nitrogens with zero attached hydrogens (tertiary/aromatic N) is 2. The molecule has 26 heavy (non-hydrogen) atoms. The summed E-state index contributed by atoms with van der Waals surface area (Å²) in [5, 5.41) is 0. The number of rotatable bonds is 6. The van der Waals surface area contributed by atoms with Crippen molar-refractivity contribution in [3.8, 4) is 5.75 Å². The molecule has 1 aromatic carbocycles. The van der Waals surface area contributed by atoms with E-state index in [0.29, 0.717) is 5.56 Å². The molecule has 2 rings (SSSR count). The lowest BCUT2D eigenvalue weighted by Crippen LogP contribution is -2.38. The van der Waals surface area contributed by atoms with E-state index in [9.17, 15) is 9.59 Å². The van der Waals surface area contributed by atoms with Gasteiger partial charge in [0.2, 0.25) is 0 Å². The lowest BCUT2D eigenvalue weighted by atomic mass is 10.1. The molecule has 0 saturated carbocycles. The SMILES string of the molecule is COc1ccc(CN(CC(=O)OC(C)(C)C)C(=O)c2cccnc2)cc1. The number of amides is 1. The number of aromatic nitrogens is 1. The molecule has 1 amide bonds. The van der Waals surface area contributed by atoms with Gasteiger partial charge in [-0.25, -0.2) is 0 Å². The topological polar surface area (TPSA) is 68.7 Å². The summed E-state index contributed by atoms with van der Waals surface area (Å²) < 4.78 is 10.5. The van der Waals surface area contributed by atoms with Crippen LogP contribution in [0.5, 0.6) is 5.75 Å². The Labute approximate surface area is 153 Å². The normalized spacial score (nSPS) is 10.9. The standard InChI is InChI=1S/C20H24N2O4/c1-20(2,3)26-18(23)14-22(19(24)16-6-5-11-21-12-16)13-15-7-9-17(25-4)10-8-15/h5-12H,13-14H2,1-4H3. The summed E-state index contributed by atoms with van der Waals surface area (Å²) in [6.45, 7) is 5.51. The molecule has 1 heterocycles. The van der Waals surface area contributed by atoms with Crippen LogP contribution in [0, 0.1) is 0 Å². The van der Waals surface area contributed by atoms with Crippen molar-refractivity contribution in [2.24, 2.45) is 0 Å². The van der Waals surface area contributed by atoms with Gasteiger partial charge in [0.15, 0.2) is 0 Å². The van der Waals surface area contributed by atoms with E-state index in [1.807, 2.05) is 24.3 Å². The monoisotopic (exact) mass is 356 g/mol. The first-order chi connectivity index (χ1) is 12.3. The molecule has 0 atom stereocenters. The van der Waals surface area contributed by atoms with Crippen LogP contribution in [0.25, 0.3) is 0 Å². The zero-order valence-corrected chi connectivity index (χ0v) is 15.6. The van der Waals surface area contributed by atoms with Crippen LogP contribution in [0.15, 0.2) is 48.8 Å². The van der Waals surface area contributed by atoms with Crippen LogP contribution in [0.1, 0.15) is 36.7 Å². The zero-order chi connectivity index (χ0) is 19.2. The molecule has 0 aliphatic rings. The summed E-state index contributed by atoms with van der Waals surface area (Å²) in [6.07, 6.45) is 3.08. The van der Waals surface area contributed by atoms with E-state index >= 15 is 0 Å². The Balaban J connectivity index is 2.19. The van der Waals surface area contributed by atoms with Gasteiger partial charge in [0.25, 0.3) is 5.91 Å². The van der Waals surface area contributed by atoms with Crippen molar-refractivity contribution in [1.29, 1.82) is 0 Å². The maximum atomic E-state index is 12.8. The minimum Gasteiger partial charge on any atom is -0.497 e. The maximum Gasteiger partial charge on any atom is 0.326 e. The van der Waals surface area contributed by atoms with Crippen LogP contribution in [0.4, 0.5) is 0 Å². The van der Waals surface area contributed by atoms with Crippen LogP contribution in [-0.4, -0.2) is 41.0 Å². The van der Waals surface area contributed by atoms with Gasteiger partial charge < -0.3 is 14.4 Å².